The molecule has 0 amide bonds. The van der Waals surface area contributed by atoms with Gasteiger partial charge in [0, 0.05) is 5.56 Å². The lowest BCUT2D eigenvalue weighted by atomic mass is 9.97. The van der Waals surface area contributed by atoms with Gasteiger partial charge in [0.25, 0.3) is 0 Å². The molecule has 2 rings (SSSR count). The predicted octanol–water partition coefficient (Wildman–Crippen LogP) is 3.49. The van der Waals surface area contributed by atoms with Gasteiger partial charge in [-0.25, -0.2) is 13.2 Å². The summed E-state index contributed by atoms with van der Waals surface area (Å²) in [5, 5.41) is 10.0. The fraction of sp³-hybridized carbons (Fsp3) is 0.143. The highest BCUT2D eigenvalue weighted by Crippen LogP contribution is 2.27. The van der Waals surface area contributed by atoms with Crippen LogP contribution in [-0.2, 0) is 0 Å². The molecule has 0 bridgehead atoms. The molecule has 18 heavy (non-hydrogen) atoms. The number of halogens is 3. The van der Waals surface area contributed by atoms with Gasteiger partial charge in [0.1, 0.15) is 11.9 Å². The molecule has 1 unspecified atom stereocenters. The maximum absolute atomic E-state index is 13.5. The summed E-state index contributed by atoms with van der Waals surface area (Å²) in [5.74, 6) is -2.55. The third-order valence-corrected chi connectivity index (χ3v) is 2.80. The lowest BCUT2D eigenvalue weighted by Gasteiger charge is -2.15. The molecule has 4 heteroatoms. The molecule has 0 aliphatic heterocycles. The lowest BCUT2D eigenvalue weighted by molar-refractivity contribution is 0.212. The van der Waals surface area contributed by atoms with E-state index in [9.17, 15) is 18.3 Å². The Bertz CT molecular complexity index is 581. The van der Waals surface area contributed by atoms with Crippen LogP contribution in [0.3, 0.4) is 0 Å². The summed E-state index contributed by atoms with van der Waals surface area (Å²) in [4.78, 5) is 0. The average Bonchev–Trinajstić information content (AvgIpc) is 2.32. The maximum Gasteiger partial charge on any atom is 0.164 e. The summed E-state index contributed by atoms with van der Waals surface area (Å²) in [6.07, 6.45) is -1.32. The Labute approximate surface area is 103 Å². The van der Waals surface area contributed by atoms with E-state index >= 15 is 0 Å². The molecule has 1 N–H and O–H groups in total. The standard InChI is InChI=1S/C14H11F3O/c1-8-7-9(15)5-6-10(8)14(18)11-3-2-4-12(16)13(11)17/h2-7,14,18H,1H3. The van der Waals surface area contributed by atoms with Gasteiger partial charge in [-0.2, -0.15) is 0 Å². The van der Waals surface area contributed by atoms with Gasteiger partial charge in [0.2, 0.25) is 0 Å². The van der Waals surface area contributed by atoms with Crippen LogP contribution in [0.2, 0.25) is 0 Å². The van der Waals surface area contributed by atoms with Crippen molar-refractivity contribution in [3.63, 3.8) is 0 Å². The van der Waals surface area contributed by atoms with Crippen LogP contribution in [0.4, 0.5) is 13.2 Å². The van der Waals surface area contributed by atoms with Crippen molar-refractivity contribution in [3.05, 3.63) is 70.5 Å². The fourth-order valence-electron chi connectivity index (χ4n) is 1.85. The largest absolute Gasteiger partial charge is 0.384 e. The van der Waals surface area contributed by atoms with Crippen LogP contribution in [0.5, 0.6) is 0 Å². The molecular formula is C14H11F3O. The van der Waals surface area contributed by atoms with Crippen LogP contribution in [-0.4, -0.2) is 5.11 Å². The van der Waals surface area contributed by atoms with Crippen LogP contribution in [0.25, 0.3) is 0 Å². The summed E-state index contributed by atoms with van der Waals surface area (Å²) in [6.45, 7) is 1.60. The third kappa shape index (κ3) is 2.24. The van der Waals surface area contributed by atoms with E-state index in [0.29, 0.717) is 11.1 Å². The molecule has 1 atom stereocenters. The zero-order valence-electron chi connectivity index (χ0n) is 9.62. The Kier molecular flexibility index (Phi) is 3.39. The van der Waals surface area contributed by atoms with Crippen LogP contribution < -0.4 is 0 Å². The molecule has 94 valence electrons. The molecule has 0 saturated heterocycles. The average molecular weight is 252 g/mol. The number of rotatable bonds is 2. The van der Waals surface area contributed by atoms with Crippen LogP contribution in [0.1, 0.15) is 22.8 Å². The Hall–Kier alpha value is -1.81. The number of hydrogen-bond donors (Lipinski definition) is 1. The summed E-state index contributed by atoms with van der Waals surface area (Å²) >= 11 is 0. The Morgan fingerprint density at radius 2 is 1.72 bits per heavy atom. The van der Waals surface area contributed by atoms with Crippen molar-refractivity contribution in [3.8, 4) is 0 Å². The van der Waals surface area contributed by atoms with Gasteiger partial charge in [0.05, 0.1) is 0 Å². The molecule has 0 aromatic heterocycles. The SMILES string of the molecule is Cc1cc(F)ccc1C(O)c1cccc(F)c1F. The minimum Gasteiger partial charge on any atom is -0.384 e. The molecule has 0 aliphatic carbocycles. The molecule has 0 fully saturated rings. The van der Waals surface area contributed by atoms with Crippen LogP contribution in [0, 0.1) is 24.4 Å². The minimum atomic E-state index is -1.32. The monoisotopic (exact) mass is 252 g/mol. The Morgan fingerprint density at radius 3 is 2.39 bits per heavy atom. The first-order chi connectivity index (χ1) is 8.50. The lowest BCUT2D eigenvalue weighted by Crippen LogP contribution is -2.06. The van der Waals surface area contributed by atoms with E-state index in [-0.39, 0.29) is 5.56 Å². The van der Waals surface area contributed by atoms with Gasteiger partial charge < -0.3 is 5.11 Å². The van der Waals surface area contributed by atoms with E-state index in [4.69, 9.17) is 0 Å². The zero-order valence-corrected chi connectivity index (χ0v) is 9.62. The molecule has 0 saturated carbocycles. The van der Waals surface area contributed by atoms with Gasteiger partial charge in [-0.3, -0.25) is 0 Å². The second-order valence-electron chi connectivity index (χ2n) is 4.05. The van der Waals surface area contributed by atoms with Crippen molar-refractivity contribution in [2.45, 2.75) is 13.0 Å². The quantitative estimate of drug-likeness (QED) is 0.867. The summed E-state index contributed by atoms with van der Waals surface area (Å²) < 4.78 is 39.6. The van der Waals surface area contributed by atoms with Gasteiger partial charge in [-0.15, -0.1) is 0 Å². The van der Waals surface area contributed by atoms with Gasteiger partial charge in [-0.05, 0) is 36.2 Å². The highest BCUT2D eigenvalue weighted by atomic mass is 19.2. The summed E-state index contributed by atoms with van der Waals surface area (Å²) in [6, 6.07) is 7.35. The fourth-order valence-corrected chi connectivity index (χ4v) is 1.85. The molecule has 0 heterocycles. The van der Waals surface area contributed by atoms with Crippen molar-refractivity contribution in [1.29, 1.82) is 0 Å². The molecule has 2 aromatic rings. The van der Waals surface area contributed by atoms with Crippen molar-refractivity contribution < 1.29 is 18.3 Å². The van der Waals surface area contributed by atoms with Crippen molar-refractivity contribution in [2.24, 2.45) is 0 Å². The summed E-state index contributed by atoms with van der Waals surface area (Å²) in [7, 11) is 0. The molecule has 1 nitrogen and oxygen atoms in total. The maximum atomic E-state index is 13.5. The first-order valence-corrected chi connectivity index (χ1v) is 5.38. The molecule has 2 aromatic carbocycles. The highest BCUT2D eigenvalue weighted by Gasteiger charge is 2.19. The number of aliphatic hydroxyl groups excluding tert-OH is 1. The van der Waals surface area contributed by atoms with Gasteiger partial charge in [-0.1, -0.05) is 18.2 Å². The van der Waals surface area contributed by atoms with E-state index in [1.807, 2.05) is 0 Å². The second-order valence-corrected chi connectivity index (χ2v) is 4.05. The van der Waals surface area contributed by atoms with Crippen molar-refractivity contribution >= 4 is 0 Å². The van der Waals surface area contributed by atoms with E-state index < -0.39 is 23.6 Å². The smallest absolute Gasteiger partial charge is 0.164 e. The van der Waals surface area contributed by atoms with Gasteiger partial charge >= 0.3 is 0 Å². The first-order valence-electron chi connectivity index (χ1n) is 5.38. The number of benzene rings is 2. The molecule has 0 aliphatic rings. The normalized spacial score (nSPS) is 12.5. The van der Waals surface area contributed by atoms with Crippen molar-refractivity contribution in [2.75, 3.05) is 0 Å². The Balaban J connectivity index is 2.48. The Morgan fingerprint density at radius 1 is 1.00 bits per heavy atom. The van der Waals surface area contributed by atoms with Crippen LogP contribution >= 0.6 is 0 Å². The number of hydrogen-bond acceptors (Lipinski definition) is 1. The number of aliphatic hydroxyl groups is 1. The van der Waals surface area contributed by atoms with Crippen molar-refractivity contribution in [1.82, 2.24) is 0 Å². The highest BCUT2D eigenvalue weighted by molar-refractivity contribution is 5.36. The topological polar surface area (TPSA) is 20.2 Å². The van der Waals surface area contributed by atoms with E-state index in [0.717, 1.165) is 6.07 Å². The molecule has 0 spiro atoms. The van der Waals surface area contributed by atoms with E-state index in [1.165, 1.54) is 30.3 Å². The number of aryl methyl sites for hydroxylation is 1. The second kappa shape index (κ2) is 4.82. The van der Waals surface area contributed by atoms with Crippen LogP contribution in [0.15, 0.2) is 36.4 Å². The first kappa shape index (κ1) is 12.6. The van der Waals surface area contributed by atoms with Gasteiger partial charge in [0.15, 0.2) is 11.6 Å². The zero-order chi connectivity index (χ0) is 13.3. The van der Waals surface area contributed by atoms with E-state index in [2.05, 4.69) is 0 Å². The molecular weight excluding hydrogens is 241 g/mol. The predicted molar refractivity (Wildman–Crippen MR) is 61.6 cm³/mol. The minimum absolute atomic E-state index is 0.162. The summed E-state index contributed by atoms with van der Waals surface area (Å²) in [5.41, 5.74) is 0.664. The van der Waals surface area contributed by atoms with E-state index in [1.54, 1.807) is 6.92 Å². The molecule has 0 radical (unpaired) electrons. The third-order valence-electron chi connectivity index (χ3n) is 2.80.